The Labute approximate surface area is 132 Å². The molecule has 0 saturated heterocycles. The number of rotatable bonds is 8. The van der Waals surface area contributed by atoms with Gasteiger partial charge in [-0.1, -0.05) is 42.5 Å². The smallest absolute Gasteiger partial charge is 0.119 e. The summed E-state index contributed by atoms with van der Waals surface area (Å²) in [5.74, 6) is 0.798. The number of aliphatic hydroxyl groups excluding tert-OH is 1. The van der Waals surface area contributed by atoms with Crippen molar-refractivity contribution in [1.29, 1.82) is 0 Å². The van der Waals surface area contributed by atoms with Crippen molar-refractivity contribution in [1.82, 2.24) is 5.32 Å². The van der Waals surface area contributed by atoms with Gasteiger partial charge in [0.05, 0.1) is 6.61 Å². The molecule has 0 aliphatic heterocycles. The maximum atomic E-state index is 8.68. The summed E-state index contributed by atoms with van der Waals surface area (Å²) < 4.78 is 5.32. The van der Waals surface area contributed by atoms with Crippen LogP contribution in [0.15, 0.2) is 54.6 Å². The predicted molar refractivity (Wildman–Crippen MR) is 88.1 cm³/mol. The molecule has 0 aliphatic rings. The second-order valence-electron chi connectivity index (χ2n) is 4.63. The Morgan fingerprint density at radius 1 is 0.905 bits per heavy atom. The molecule has 0 atom stereocenters. The molecule has 114 valence electrons. The van der Waals surface area contributed by atoms with Crippen molar-refractivity contribution >= 4 is 12.4 Å². The highest BCUT2D eigenvalue weighted by Crippen LogP contribution is 2.11. The molecule has 0 amide bonds. The van der Waals surface area contributed by atoms with E-state index in [0.717, 1.165) is 25.3 Å². The highest BCUT2D eigenvalue weighted by molar-refractivity contribution is 5.85. The lowest BCUT2D eigenvalue weighted by molar-refractivity contribution is 0.201. The lowest BCUT2D eigenvalue weighted by atomic mass is 10.1. The first-order valence-corrected chi connectivity index (χ1v) is 6.96. The molecule has 0 saturated carbocycles. The van der Waals surface area contributed by atoms with Crippen LogP contribution in [-0.2, 0) is 13.0 Å². The standard InChI is InChI=1S/C17H21NO2.ClH/c19-12-13-20-17-8-6-16(7-9-17)14-18-11-10-15-4-2-1-3-5-15;/h1-9,18-19H,10-14H2;1H. The summed E-state index contributed by atoms with van der Waals surface area (Å²) in [6.45, 7) is 2.21. The largest absolute Gasteiger partial charge is 0.491 e. The first-order valence-electron chi connectivity index (χ1n) is 6.96. The third-order valence-corrected chi connectivity index (χ3v) is 3.05. The zero-order chi connectivity index (χ0) is 14.0. The summed E-state index contributed by atoms with van der Waals surface area (Å²) in [6.07, 6.45) is 1.04. The van der Waals surface area contributed by atoms with E-state index in [0.29, 0.717) is 6.61 Å². The Morgan fingerprint density at radius 3 is 2.29 bits per heavy atom. The molecule has 0 heterocycles. The van der Waals surface area contributed by atoms with E-state index in [4.69, 9.17) is 9.84 Å². The van der Waals surface area contributed by atoms with Crippen molar-refractivity contribution in [3.05, 3.63) is 65.7 Å². The van der Waals surface area contributed by atoms with Gasteiger partial charge in [0.2, 0.25) is 0 Å². The number of ether oxygens (including phenoxy) is 1. The second kappa shape index (κ2) is 10.2. The van der Waals surface area contributed by atoms with Crippen LogP contribution in [0.25, 0.3) is 0 Å². The van der Waals surface area contributed by atoms with E-state index >= 15 is 0 Å². The van der Waals surface area contributed by atoms with Crippen LogP contribution in [0.5, 0.6) is 5.75 Å². The molecule has 2 aromatic rings. The van der Waals surface area contributed by atoms with Crippen molar-refractivity contribution in [3.63, 3.8) is 0 Å². The van der Waals surface area contributed by atoms with E-state index in [1.165, 1.54) is 11.1 Å². The third kappa shape index (κ3) is 6.63. The highest BCUT2D eigenvalue weighted by atomic mass is 35.5. The zero-order valence-corrected chi connectivity index (χ0v) is 12.8. The van der Waals surface area contributed by atoms with Crippen LogP contribution < -0.4 is 10.1 Å². The quantitative estimate of drug-likeness (QED) is 0.737. The predicted octanol–water partition coefficient (Wildman–Crippen LogP) is 2.81. The molecule has 0 spiro atoms. The Kier molecular flexibility index (Phi) is 8.51. The fourth-order valence-corrected chi connectivity index (χ4v) is 1.98. The SMILES string of the molecule is Cl.OCCOc1ccc(CNCCc2ccccc2)cc1. The van der Waals surface area contributed by atoms with E-state index < -0.39 is 0 Å². The molecular weight excluding hydrogens is 286 g/mol. The van der Waals surface area contributed by atoms with Gasteiger partial charge in [-0.05, 0) is 36.2 Å². The van der Waals surface area contributed by atoms with Crippen LogP contribution in [-0.4, -0.2) is 24.9 Å². The number of benzene rings is 2. The van der Waals surface area contributed by atoms with Crippen molar-refractivity contribution in [2.24, 2.45) is 0 Å². The lowest BCUT2D eigenvalue weighted by Crippen LogP contribution is -2.16. The Hall–Kier alpha value is -1.55. The Balaban J connectivity index is 0.00000220. The summed E-state index contributed by atoms with van der Waals surface area (Å²) >= 11 is 0. The van der Waals surface area contributed by atoms with Gasteiger partial charge in [-0.15, -0.1) is 12.4 Å². The number of nitrogens with one attached hydrogen (secondary N) is 1. The lowest BCUT2D eigenvalue weighted by Gasteiger charge is -2.07. The van der Waals surface area contributed by atoms with Gasteiger partial charge in [-0.2, -0.15) is 0 Å². The summed E-state index contributed by atoms with van der Waals surface area (Å²) in [4.78, 5) is 0. The van der Waals surface area contributed by atoms with Gasteiger partial charge in [0.25, 0.3) is 0 Å². The first-order chi connectivity index (χ1) is 9.88. The van der Waals surface area contributed by atoms with Crippen LogP contribution in [0.3, 0.4) is 0 Å². The summed E-state index contributed by atoms with van der Waals surface area (Å²) in [5, 5.41) is 12.1. The number of hydrogen-bond acceptors (Lipinski definition) is 3. The molecule has 0 aromatic heterocycles. The van der Waals surface area contributed by atoms with Crippen LogP contribution in [0.1, 0.15) is 11.1 Å². The topological polar surface area (TPSA) is 41.5 Å². The normalized spacial score (nSPS) is 9.95. The molecule has 0 fully saturated rings. The van der Waals surface area contributed by atoms with E-state index in [9.17, 15) is 0 Å². The maximum absolute atomic E-state index is 8.68. The third-order valence-electron chi connectivity index (χ3n) is 3.05. The molecule has 0 unspecified atom stereocenters. The van der Waals surface area contributed by atoms with Crippen LogP contribution >= 0.6 is 12.4 Å². The number of hydrogen-bond donors (Lipinski definition) is 2. The molecule has 0 aliphatic carbocycles. The average molecular weight is 308 g/mol. The van der Waals surface area contributed by atoms with E-state index in [-0.39, 0.29) is 19.0 Å². The summed E-state index contributed by atoms with van der Waals surface area (Å²) in [6, 6.07) is 18.4. The van der Waals surface area contributed by atoms with Crippen molar-refractivity contribution in [2.75, 3.05) is 19.8 Å². The fourth-order valence-electron chi connectivity index (χ4n) is 1.98. The second-order valence-corrected chi connectivity index (χ2v) is 4.63. The summed E-state index contributed by atoms with van der Waals surface area (Å²) in [5.41, 5.74) is 2.59. The molecule has 2 rings (SSSR count). The molecule has 2 N–H and O–H groups in total. The monoisotopic (exact) mass is 307 g/mol. The summed E-state index contributed by atoms with van der Waals surface area (Å²) in [7, 11) is 0. The van der Waals surface area contributed by atoms with Crippen LogP contribution in [0.4, 0.5) is 0 Å². The zero-order valence-electron chi connectivity index (χ0n) is 12.0. The van der Waals surface area contributed by atoms with Crippen molar-refractivity contribution in [2.45, 2.75) is 13.0 Å². The Morgan fingerprint density at radius 2 is 1.62 bits per heavy atom. The average Bonchev–Trinajstić information content (AvgIpc) is 2.52. The minimum atomic E-state index is 0. The van der Waals surface area contributed by atoms with Gasteiger partial charge >= 0.3 is 0 Å². The van der Waals surface area contributed by atoms with Gasteiger partial charge < -0.3 is 15.2 Å². The van der Waals surface area contributed by atoms with E-state index in [2.05, 4.69) is 29.6 Å². The first kappa shape index (κ1) is 17.5. The molecule has 21 heavy (non-hydrogen) atoms. The molecular formula is C17H22ClNO2. The van der Waals surface area contributed by atoms with Gasteiger partial charge in [0.15, 0.2) is 0 Å². The molecule has 0 bridgehead atoms. The fraction of sp³-hybridized carbons (Fsp3) is 0.294. The van der Waals surface area contributed by atoms with Gasteiger partial charge in [-0.25, -0.2) is 0 Å². The van der Waals surface area contributed by atoms with E-state index in [1.807, 2.05) is 30.3 Å². The molecule has 4 heteroatoms. The van der Waals surface area contributed by atoms with E-state index in [1.54, 1.807) is 0 Å². The number of halogens is 1. The molecule has 0 radical (unpaired) electrons. The molecule has 2 aromatic carbocycles. The molecule has 3 nitrogen and oxygen atoms in total. The van der Waals surface area contributed by atoms with Gasteiger partial charge in [0.1, 0.15) is 12.4 Å². The minimum Gasteiger partial charge on any atom is -0.491 e. The Bertz CT molecular complexity index is 488. The van der Waals surface area contributed by atoms with Crippen molar-refractivity contribution in [3.8, 4) is 5.75 Å². The maximum Gasteiger partial charge on any atom is 0.119 e. The van der Waals surface area contributed by atoms with Crippen molar-refractivity contribution < 1.29 is 9.84 Å². The van der Waals surface area contributed by atoms with Crippen LogP contribution in [0.2, 0.25) is 0 Å². The van der Waals surface area contributed by atoms with Crippen LogP contribution in [0, 0.1) is 0 Å². The van der Waals surface area contributed by atoms with Gasteiger partial charge in [0, 0.05) is 6.54 Å². The number of aliphatic hydroxyl groups is 1. The van der Waals surface area contributed by atoms with Gasteiger partial charge in [-0.3, -0.25) is 0 Å². The highest BCUT2D eigenvalue weighted by Gasteiger charge is 1.96. The minimum absolute atomic E-state index is 0.